The minimum absolute atomic E-state index is 0.0674. The van der Waals surface area contributed by atoms with Crippen molar-refractivity contribution in [1.82, 2.24) is 29.9 Å². The maximum absolute atomic E-state index is 13.4. The predicted molar refractivity (Wildman–Crippen MR) is 109 cm³/mol. The molecular formula is C21H23N7O2. The number of benzene rings is 1. The molecule has 0 bridgehead atoms. The summed E-state index contributed by atoms with van der Waals surface area (Å²) in [5.74, 6) is 1.22. The summed E-state index contributed by atoms with van der Waals surface area (Å²) in [6, 6.07) is 9.29. The van der Waals surface area contributed by atoms with Gasteiger partial charge in [0.15, 0.2) is 5.82 Å². The lowest BCUT2D eigenvalue weighted by molar-refractivity contribution is 0.0599. The zero-order chi connectivity index (χ0) is 20.5. The van der Waals surface area contributed by atoms with E-state index in [4.69, 9.17) is 4.84 Å². The first-order chi connectivity index (χ1) is 14.7. The van der Waals surface area contributed by atoms with Crippen molar-refractivity contribution in [3.8, 4) is 5.69 Å². The minimum Gasteiger partial charge on any atom is -0.332 e. The lowest BCUT2D eigenvalue weighted by Gasteiger charge is -2.26. The van der Waals surface area contributed by atoms with Gasteiger partial charge >= 0.3 is 0 Å². The Kier molecular flexibility index (Phi) is 4.88. The number of aromatic nitrogens is 5. The molecule has 0 unspecified atom stereocenters. The normalized spacial score (nSPS) is 19.6. The lowest BCUT2D eigenvalue weighted by Crippen LogP contribution is -2.41. The van der Waals surface area contributed by atoms with Crippen LogP contribution in [0.2, 0.25) is 0 Å². The van der Waals surface area contributed by atoms with Gasteiger partial charge in [-0.05, 0) is 31.9 Å². The third kappa shape index (κ3) is 3.63. The number of nitrogens with zero attached hydrogens (tertiary/aromatic N) is 7. The highest BCUT2D eigenvalue weighted by atomic mass is 16.7. The molecule has 0 spiro atoms. The largest absolute Gasteiger partial charge is 0.332 e. The number of para-hydroxylation sites is 1. The van der Waals surface area contributed by atoms with Gasteiger partial charge in [0, 0.05) is 24.2 Å². The van der Waals surface area contributed by atoms with Gasteiger partial charge in [0.1, 0.15) is 6.33 Å². The van der Waals surface area contributed by atoms with E-state index in [1.54, 1.807) is 23.8 Å². The van der Waals surface area contributed by atoms with Crippen LogP contribution in [0.15, 0.2) is 49.1 Å². The van der Waals surface area contributed by atoms with Crippen molar-refractivity contribution in [2.45, 2.75) is 31.7 Å². The molecule has 1 saturated carbocycles. The van der Waals surface area contributed by atoms with Gasteiger partial charge in [0.2, 0.25) is 0 Å². The molecule has 2 aliphatic rings. The van der Waals surface area contributed by atoms with Crippen LogP contribution in [0.4, 0.5) is 5.82 Å². The molecule has 1 aliphatic carbocycles. The molecule has 9 nitrogen and oxygen atoms in total. The number of hydroxylamine groups is 1. The molecule has 3 aromatic rings. The monoisotopic (exact) mass is 405 g/mol. The predicted octanol–water partition coefficient (Wildman–Crippen LogP) is 2.22. The molecule has 1 atom stereocenters. The third-order valence-corrected chi connectivity index (χ3v) is 5.50. The van der Waals surface area contributed by atoms with Crippen molar-refractivity contribution in [2.24, 2.45) is 0 Å². The Morgan fingerprint density at radius 3 is 2.70 bits per heavy atom. The first-order valence-corrected chi connectivity index (χ1v) is 10.2. The fraction of sp³-hybridized carbons (Fsp3) is 0.381. The second kappa shape index (κ2) is 7.83. The molecule has 1 aromatic carbocycles. The number of hydrogen-bond acceptors (Lipinski definition) is 7. The van der Waals surface area contributed by atoms with E-state index in [1.807, 2.05) is 42.2 Å². The molecule has 9 heteroatoms. The number of rotatable bonds is 4. The summed E-state index contributed by atoms with van der Waals surface area (Å²) in [7, 11) is 0. The molecule has 1 saturated heterocycles. The SMILES string of the molecule is C[C@@H]1CON(c2cc(C3CC3)ncn2)CCN1C(=O)c1ccccc1-n1nccn1. The molecule has 1 aliphatic heterocycles. The van der Waals surface area contributed by atoms with Crippen molar-refractivity contribution in [1.29, 1.82) is 0 Å². The molecule has 1 amide bonds. The molecule has 154 valence electrons. The standard InChI is InChI=1S/C21H23N7O2/c1-15-13-30-27(20-12-18(16-6-7-16)22-14-23-20)11-10-26(15)21(29)17-4-2-3-5-19(17)28-24-8-9-25-28/h2-5,8-9,12,14-16H,6-7,10-11,13H2,1H3/t15-/m1/s1. The maximum atomic E-state index is 13.4. The second-order valence-electron chi connectivity index (χ2n) is 7.66. The van der Waals surface area contributed by atoms with Crippen LogP contribution in [0.25, 0.3) is 5.69 Å². The van der Waals surface area contributed by atoms with Crippen LogP contribution >= 0.6 is 0 Å². The first kappa shape index (κ1) is 18.7. The van der Waals surface area contributed by atoms with Crippen LogP contribution < -0.4 is 5.06 Å². The average molecular weight is 405 g/mol. The summed E-state index contributed by atoms with van der Waals surface area (Å²) < 4.78 is 0. The average Bonchev–Trinajstić information content (AvgIpc) is 3.53. The molecule has 2 fully saturated rings. The molecule has 5 rings (SSSR count). The molecule has 0 N–H and O–H groups in total. The van der Waals surface area contributed by atoms with Gasteiger partial charge in [-0.15, -0.1) is 0 Å². The van der Waals surface area contributed by atoms with E-state index < -0.39 is 0 Å². The number of anilines is 1. The number of carbonyl (C=O) groups is 1. The van der Waals surface area contributed by atoms with Crippen LogP contribution in [0.5, 0.6) is 0 Å². The molecular weight excluding hydrogens is 382 g/mol. The van der Waals surface area contributed by atoms with E-state index in [0.29, 0.717) is 36.9 Å². The van der Waals surface area contributed by atoms with Crippen LogP contribution in [0.1, 0.15) is 41.7 Å². The molecule has 2 aromatic heterocycles. The van der Waals surface area contributed by atoms with Crippen molar-refractivity contribution in [2.75, 3.05) is 24.8 Å². The van der Waals surface area contributed by atoms with E-state index in [9.17, 15) is 4.79 Å². The van der Waals surface area contributed by atoms with E-state index >= 15 is 0 Å². The Morgan fingerprint density at radius 2 is 1.90 bits per heavy atom. The Labute approximate surface area is 174 Å². The van der Waals surface area contributed by atoms with Crippen molar-refractivity contribution in [3.05, 3.63) is 60.3 Å². The summed E-state index contributed by atoms with van der Waals surface area (Å²) in [4.78, 5) is 31.5. The van der Waals surface area contributed by atoms with Gasteiger partial charge in [-0.3, -0.25) is 9.63 Å². The van der Waals surface area contributed by atoms with Crippen molar-refractivity contribution in [3.63, 3.8) is 0 Å². The summed E-state index contributed by atoms with van der Waals surface area (Å²) in [5, 5.41) is 10.1. The van der Waals surface area contributed by atoms with Crippen LogP contribution in [-0.4, -0.2) is 61.5 Å². The topological polar surface area (TPSA) is 89.3 Å². The van der Waals surface area contributed by atoms with Gasteiger partial charge in [-0.2, -0.15) is 15.0 Å². The highest BCUT2D eigenvalue weighted by Crippen LogP contribution is 2.39. The zero-order valence-corrected chi connectivity index (χ0v) is 16.8. The van der Waals surface area contributed by atoms with Crippen LogP contribution in [-0.2, 0) is 4.84 Å². The summed E-state index contributed by atoms with van der Waals surface area (Å²) >= 11 is 0. The van der Waals surface area contributed by atoms with Gasteiger partial charge in [0.05, 0.1) is 42.8 Å². The van der Waals surface area contributed by atoms with Gasteiger partial charge < -0.3 is 4.90 Å². The third-order valence-electron chi connectivity index (χ3n) is 5.50. The quantitative estimate of drug-likeness (QED) is 0.657. The minimum atomic E-state index is -0.0918. The number of amides is 1. The zero-order valence-electron chi connectivity index (χ0n) is 16.8. The Hall–Kier alpha value is -3.33. The van der Waals surface area contributed by atoms with E-state index in [0.717, 1.165) is 11.5 Å². The van der Waals surface area contributed by atoms with E-state index in [1.165, 1.54) is 17.6 Å². The Balaban J connectivity index is 1.36. The summed E-state index contributed by atoms with van der Waals surface area (Å²) in [6.45, 7) is 3.42. The molecule has 30 heavy (non-hydrogen) atoms. The van der Waals surface area contributed by atoms with Gasteiger partial charge in [0.25, 0.3) is 5.91 Å². The summed E-state index contributed by atoms with van der Waals surface area (Å²) in [6.07, 6.45) is 7.15. The fourth-order valence-corrected chi connectivity index (χ4v) is 3.68. The van der Waals surface area contributed by atoms with Gasteiger partial charge in [-0.25, -0.2) is 15.0 Å². The van der Waals surface area contributed by atoms with Crippen LogP contribution in [0, 0.1) is 0 Å². The van der Waals surface area contributed by atoms with Crippen molar-refractivity contribution >= 4 is 11.7 Å². The smallest absolute Gasteiger partial charge is 0.256 e. The number of carbonyl (C=O) groups excluding carboxylic acids is 1. The first-order valence-electron chi connectivity index (χ1n) is 10.2. The summed E-state index contributed by atoms with van der Waals surface area (Å²) in [5.41, 5.74) is 2.29. The fourth-order valence-electron chi connectivity index (χ4n) is 3.68. The van der Waals surface area contributed by atoms with E-state index in [-0.39, 0.29) is 11.9 Å². The number of hydrogen-bond donors (Lipinski definition) is 0. The van der Waals surface area contributed by atoms with E-state index in [2.05, 4.69) is 20.2 Å². The lowest BCUT2D eigenvalue weighted by atomic mass is 10.1. The highest BCUT2D eigenvalue weighted by Gasteiger charge is 2.30. The van der Waals surface area contributed by atoms with Gasteiger partial charge in [-0.1, -0.05) is 12.1 Å². The molecule has 3 heterocycles. The molecule has 0 radical (unpaired) electrons. The highest BCUT2D eigenvalue weighted by molar-refractivity contribution is 5.98. The Bertz CT molecular complexity index is 1040. The maximum Gasteiger partial charge on any atom is 0.256 e. The van der Waals surface area contributed by atoms with Crippen molar-refractivity contribution < 1.29 is 9.63 Å². The van der Waals surface area contributed by atoms with Crippen LogP contribution in [0.3, 0.4) is 0 Å². The Morgan fingerprint density at radius 1 is 1.10 bits per heavy atom. The second-order valence-corrected chi connectivity index (χ2v) is 7.66.